The van der Waals surface area contributed by atoms with E-state index in [-0.39, 0.29) is 11.1 Å². The number of rotatable bonds is 3. The third-order valence-electron chi connectivity index (χ3n) is 3.58. The molecule has 0 spiro atoms. The fourth-order valence-corrected chi connectivity index (χ4v) is 2.47. The van der Waals surface area contributed by atoms with Gasteiger partial charge in [-0.3, -0.25) is 0 Å². The minimum absolute atomic E-state index is 0.0397. The third-order valence-corrected chi connectivity index (χ3v) is 3.58. The smallest absolute Gasteiger partial charge is 0.184 e. The average molecular weight is 230 g/mol. The van der Waals surface area contributed by atoms with Gasteiger partial charge >= 0.3 is 0 Å². The molecule has 1 atom stereocenters. The van der Waals surface area contributed by atoms with E-state index in [1.165, 1.54) is 0 Å². The summed E-state index contributed by atoms with van der Waals surface area (Å²) in [6.07, 6.45) is 7.67. The topological polar surface area (TPSA) is 53.2 Å². The highest BCUT2D eigenvalue weighted by Crippen LogP contribution is 2.47. The van der Waals surface area contributed by atoms with Crippen molar-refractivity contribution in [3.8, 4) is 6.07 Å². The van der Waals surface area contributed by atoms with Gasteiger partial charge in [-0.2, -0.15) is 5.26 Å². The van der Waals surface area contributed by atoms with Crippen molar-refractivity contribution in [1.29, 1.82) is 5.26 Å². The van der Waals surface area contributed by atoms with E-state index in [2.05, 4.69) is 11.8 Å². The maximum atomic E-state index is 10.7. The number of nitriles is 1. The fourth-order valence-electron chi connectivity index (χ4n) is 2.47. The van der Waals surface area contributed by atoms with E-state index >= 15 is 0 Å². The van der Waals surface area contributed by atoms with Gasteiger partial charge in [0.1, 0.15) is 6.07 Å². The van der Waals surface area contributed by atoms with Crippen molar-refractivity contribution < 1.29 is 0 Å². The van der Waals surface area contributed by atoms with E-state index in [0.717, 1.165) is 36.8 Å². The van der Waals surface area contributed by atoms with Gasteiger partial charge in [-0.1, -0.05) is 32.1 Å². The van der Waals surface area contributed by atoms with Crippen LogP contribution in [0.3, 0.4) is 0 Å². The lowest BCUT2D eigenvalue weighted by Gasteiger charge is -2.37. The Morgan fingerprint density at radius 1 is 1.59 bits per heavy atom. The molecule has 1 aliphatic carbocycles. The number of allylic oxidation sites excluding steroid dienone is 5. The molecule has 0 aromatic rings. The van der Waals surface area contributed by atoms with Gasteiger partial charge in [-0.05, 0) is 42.5 Å². The molecule has 0 N–H and O–H groups in total. The van der Waals surface area contributed by atoms with Crippen molar-refractivity contribution in [1.82, 2.24) is 0 Å². The summed E-state index contributed by atoms with van der Waals surface area (Å²) in [5.74, 6) is 0. The highest BCUT2D eigenvalue weighted by molar-refractivity contribution is 5.41. The van der Waals surface area contributed by atoms with E-state index in [1.807, 2.05) is 32.1 Å². The molecule has 3 heteroatoms. The minimum atomic E-state index is -0.288. The van der Waals surface area contributed by atoms with Crippen molar-refractivity contribution in [3.05, 3.63) is 40.5 Å². The van der Waals surface area contributed by atoms with Gasteiger partial charge in [0.15, 0.2) is 5.70 Å². The van der Waals surface area contributed by atoms with Crippen LogP contribution in [0.15, 0.2) is 40.8 Å². The van der Waals surface area contributed by atoms with Crippen LogP contribution in [0.4, 0.5) is 0 Å². The number of nitroso groups, excluding NO2 is 1. The summed E-state index contributed by atoms with van der Waals surface area (Å²) >= 11 is 0. The zero-order chi connectivity index (χ0) is 12.9. The lowest BCUT2D eigenvalue weighted by atomic mass is 9.66. The predicted molar refractivity (Wildman–Crippen MR) is 69.0 cm³/mol. The second-order valence-electron chi connectivity index (χ2n) is 4.59. The maximum Gasteiger partial charge on any atom is 0.184 e. The summed E-state index contributed by atoms with van der Waals surface area (Å²) in [7, 11) is 0. The highest BCUT2D eigenvalue weighted by Gasteiger charge is 2.35. The standard InChI is InChI=1S/C14H18N2O/c1-4-7-11(2)14(3)9-6-5-8-12(14)13(10-15)16-17/h4,7H,2,5-6,8-9H2,1,3H3/b7-4+,13-12+. The first kappa shape index (κ1) is 13.4. The molecular weight excluding hydrogens is 212 g/mol. The van der Waals surface area contributed by atoms with Crippen LogP contribution in [-0.4, -0.2) is 0 Å². The van der Waals surface area contributed by atoms with E-state index in [0.29, 0.717) is 0 Å². The first-order valence-electron chi connectivity index (χ1n) is 5.89. The molecule has 0 aliphatic heterocycles. The molecule has 3 nitrogen and oxygen atoms in total. The van der Waals surface area contributed by atoms with Gasteiger partial charge in [0.25, 0.3) is 0 Å². The lowest BCUT2D eigenvalue weighted by Crippen LogP contribution is -2.25. The van der Waals surface area contributed by atoms with E-state index < -0.39 is 0 Å². The highest BCUT2D eigenvalue weighted by atomic mass is 16.3. The van der Waals surface area contributed by atoms with Crippen molar-refractivity contribution in [2.24, 2.45) is 10.6 Å². The van der Waals surface area contributed by atoms with Crippen molar-refractivity contribution in [2.75, 3.05) is 0 Å². The molecular formula is C14H18N2O. The van der Waals surface area contributed by atoms with Crippen LogP contribution in [0.25, 0.3) is 0 Å². The molecule has 0 aromatic heterocycles. The van der Waals surface area contributed by atoms with Crippen LogP contribution in [-0.2, 0) is 0 Å². The average Bonchev–Trinajstić information content (AvgIpc) is 2.33. The molecule has 1 aliphatic rings. The Morgan fingerprint density at radius 3 is 2.82 bits per heavy atom. The van der Waals surface area contributed by atoms with Crippen LogP contribution < -0.4 is 0 Å². The largest absolute Gasteiger partial charge is 0.191 e. The summed E-state index contributed by atoms with van der Waals surface area (Å²) in [6.45, 7) is 8.05. The van der Waals surface area contributed by atoms with Crippen LogP contribution in [0, 0.1) is 21.7 Å². The third kappa shape index (κ3) is 2.52. The van der Waals surface area contributed by atoms with E-state index in [4.69, 9.17) is 5.26 Å². The van der Waals surface area contributed by atoms with E-state index in [1.54, 1.807) is 0 Å². The second-order valence-corrected chi connectivity index (χ2v) is 4.59. The summed E-state index contributed by atoms with van der Waals surface area (Å²) in [6, 6.07) is 1.91. The van der Waals surface area contributed by atoms with Gasteiger partial charge in [-0.15, -0.1) is 4.91 Å². The summed E-state index contributed by atoms with van der Waals surface area (Å²) < 4.78 is 0. The molecule has 0 amide bonds. The molecule has 1 rings (SSSR count). The van der Waals surface area contributed by atoms with Crippen LogP contribution in [0.1, 0.15) is 39.5 Å². The van der Waals surface area contributed by atoms with Crippen molar-refractivity contribution >= 4 is 0 Å². The predicted octanol–water partition coefficient (Wildman–Crippen LogP) is 4.24. The second kappa shape index (κ2) is 5.58. The Labute approximate surface area is 102 Å². The molecule has 1 fully saturated rings. The van der Waals surface area contributed by atoms with Crippen LogP contribution in [0.2, 0.25) is 0 Å². The molecule has 0 radical (unpaired) electrons. The monoisotopic (exact) mass is 230 g/mol. The Bertz CT molecular complexity index is 426. The van der Waals surface area contributed by atoms with Crippen molar-refractivity contribution in [3.63, 3.8) is 0 Å². The first-order valence-corrected chi connectivity index (χ1v) is 5.89. The minimum Gasteiger partial charge on any atom is -0.191 e. The number of hydrogen-bond acceptors (Lipinski definition) is 3. The van der Waals surface area contributed by atoms with Gasteiger partial charge in [-0.25, -0.2) is 0 Å². The van der Waals surface area contributed by atoms with Gasteiger partial charge in [0.2, 0.25) is 0 Å². The summed E-state index contributed by atoms with van der Waals surface area (Å²) in [5, 5.41) is 11.8. The Kier molecular flexibility index (Phi) is 4.39. The molecule has 0 heterocycles. The molecule has 0 bridgehead atoms. The SMILES string of the molecule is C=C(/C=C/C)C1(C)CCCC/C1=C(/C#N)N=O. The Hall–Kier alpha value is -1.69. The molecule has 0 saturated heterocycles. The molecule has 1 saturated carbocycles. The molecule has 17 heavy (non-hydrogen) atoms. The lowest BCUT2D eigenvalue weighted by molar-refractivity contribution is 0.364. The first-order chi connectivity index (χ1) is 8.10. The van der Waals surface area contributed by atoms with E-state index in [9.17, 15) is 4.91 Å². The van der Waals surface area contributed by atoms with Gasteiger partial charge in [0.05, 0.1) is 0 Å². The molecule has 90 valence electrons. The van der Waals surface area contributed by atoms with Crippen molar-refractivity contribution in [2.45, 2.75) is 39.5 Å². The van der Waals surface area contributed by atoms with Gasteiger partial charge < -0.3 is 0 Å². The maximum absolute atomic E-state index is 10.7. The quantitative estimate of drug-likeness (QED) is 0.413. The molecule has 0 aromatic carbocycles. The van der Waals surface area contributed by atoms with Crippen LogP contribution in [0.5, 0.6) is 0 Å². The normalized spacial score (nSPS) is 27.6. The summed E-state index contributed by atoms with van der Waals surface area (Å²) in [4.78, 5) is 10.7. The zero-order valence-corrected chi connectivity index (χ0v) is 10.5. The summed E-state index contributed by atoms with van der Waals surface area (Å²) in [5.41, 5.74) is 1.55. The fraction of sp³-hybridized carbons (Fsp3) is 0.500. The number of nitrogens with zero attached hydrogens (tertiary/aromatic N) is 2. The number of hydrogen-bond donors (Lipinski definition) is 0. The molecule has 1 unspecified atom stereocenters. The Morgan fingerprint density at radius 2 is 2.29 bits per heavy atom. The van der Waals surface area contributed by atoms with Gasteiger partial charge in [0, 0.05) is 5.41 Å². The Balaban J connectivity index is 3.27. The van der Waals surface area contributed by atoms with Crippen LogP contribution >= 0.6 is 0 Å². The zero-order valence-electron chi connectivity index (χ0n) is 10.5.